The minimum Gasteiger partial charge on any atom is -0.460 e. The fourth-order valence-corrected chi connectivity index (χ4v) is 2.88. The maximum absolute atomic E-state index is 11.9. The van der Waals surface area contributed by atoms with Crippen molar-refractivity contribution in [3.05, 3.63) is 65.7 Å². The summed E-state index contributed by atoms with van der Waals surface area (Å²) in [6.07, 6.45) is 0.950. The van der Waals surface area contributed by atoms with Gasteiger partial charge in [-0.2, -0.15) is 8.42 Å². The summed E-state index contributed by atoms with van der Waals surface area (Å²) in [5, 5.41) is 3.01. The number of rotatable bonds is 7. The minimum atomic E-state index is -4.02. The Morgan fingerprint density at radius 1 is 1.11 bits per heavy atom. The number of carbonyl (C=O) groups excluding carboxylic acids is 1. The molecule has 0 unspecified atom stereocenters. The van der Waals surface area contributed by atoms with Crippen LogP contribution in [0.5, 0.6) is 0 Å². The topological polar surface area (TPSA) is 92.7 Å². The second-order valence-corrected chi connectivity index (χ2v) is 7.95. The van der Waals surface area contributed by atoms with Crippen molar-refractivity contribution in [1.29, 1.82) is 0 Å². The lowest BCUT2D eigenvalue weighted by Crippen LogP contribution is -2.40. The van der Waals surface area contributed by atoms with E-state index in [0.29, 0.717) is 6.61 Å². The molecule has 2 aromatic rings. The van der Waals surface area contributed by atoms with Crippen molar-refractivity contribution in [3.8, 4) is 0 Å². The van der Waals surface area contributed by atoms with Gasteiger partial charge >= 0.3 is 5.97 Å². The number of esters is 1. The van der Waals surface area contributed by atoms with Gasteiger partial charge in [0, 0.05) is 0 Å². The van der Waals surface area contributed by atoms with E-state index in [-0.39, 0.29) is 22.8 Å². The average molecular weight is 408 g/mol. The lowest BCUT2D eigenvalue weighted by molar-refractivity contribution is -0.148. The van der Waals surface area contributed by atoms with E-state index < -0.39 is 10.1 Å². The van der Waals surface area contributed by atoms with Crippen LogP contribution in [-0.4, -0.2) is 32.0 Å². The third-order valence-electron chi connectivity index (χ3n) is 4.32. The van der Waals surface area contributed by atoms with Gasteiger partial charge in [-0.15, -0.1) is 0 Å². The molecular formula is C21H29NO5S. The van der Waals surface area contributed by atoms with E-state index in [1.165, 1.54) is 12.1 Å². The van der Waals surface area contributed by atoms with Crippen LogP contribution in [0.15, 0.2) is 59.5 Å². The van der Waals surface area contributed by atoms with Crippen LogP contribution in [0.1, 0.15) is 31.4 Å². The van der Waals surface area contributed by atoms with Crippen LogP contribution in [0.2, 0.25) is 0 Å². The van der Waals surface area contributed by atoms with Crippen molar-refractivity contribution >= 4 is 16.1 Å². The predicted octanol–water partition coefficient (Wildman–Crippen LogP) is 3.61. The second kappa shape index (κ2) is 11.6. The number of ether oxygens (including phenoxy) is 1. The molecule has 2 aromatic carbocycles. The first-order valence-electron chi connectivity index (χ1n) is 9.11. The molecule has 0 heterocycles. The number of hydrogen-bond acceptors (Lipinski definition) is 5. The molecule has 0 saturated carbocycles. The van der Waals surface area contributed by atoms with Crippen LogP contribution >= 0.6 is 0 Å². The van der Waals surface area contributed by atoms with E-state index >= 15 is 0 Å². The number of likely N-dealkylation sites (N-methyl/N-ethyl adjacent to an activating group) is 1. The van der Waals surface area contributed by atoms with Crippen LogP contribution in [0.4, 0.5) is 0 Å². The summed E-state index contributed by atoms with van der Waals surface area (Å²) in [6.45, 7) is 6.30. The summed E-state index contributed by atoms with van der Waals surface area (Å²) in [4.78, 5) is 11.8. The highest BCUT2D eigenvalue weighted by Gasteiger charge is 2.23. The highest BCUT2D eigenvalue weighted by molar-refractivity contribution is 7.85. The van der Waals surface area contributed by atoms with Crippen LogP contribution in [0.3, 0.4) is 0 Å². The quantitative estimate of drug-likeness (QED) is 0.538. The largest absolute Gasteiger partial charge is 0.460 e. The van der Waals surface area contributed by atoms with Gasteiger partial charge in [0.05, 0.1) is 4.90 Å². The van der Waals surface area contributed by atoms with Crippen molar-refractivity contribution in [2.24, 2.45) is 5.92 Å². The van der Waals surface area contributed by atoms with E-state index in [2.05, 4.69) is 12.2 Å². The summed E-state index contributed by atoms with van der Waals surface area (Å²) in [5.74, 6) is 0.106. The van der Waals surface area contributed by atoms with Crippen LogP contribution < -0.4 is 5.32 Å². The Morgan fingerprint density at radius 2 is 1.68 bits per heavy atom. The molecule has 154 valence electrons. The third kappa shape index (κ3) is 8.21. The molecule has 7 heteroatoms. The zero-order valence-electron chi connectivity index (χ0n) is 16.8. The van der Waals surface area contributed by atoms with E-state index in [1.807, 2.05) is 44.2 Å². The summed E-state index contributed by atoms with van der Waals surface area (Å²) < 4.78 is 34.9. The molecule has 0 fully saturated rings. The van der Waals surface area contributed by atoms with E-state index in [1.54, 1.807) is 19.2 Å². The highest BCUT2D eigenvalue weighted by atomic mass is 32.2. The molecule has 0 amide bonds. The standard InChI is InChI=1S/C14H21NO2.C7H8O3S/c1-4-11(2)13(15-3)14(16)17-10-12-8-6-5-7-9-12;1-6-2-4-7(5-3-6)11(8,9)10/h5-9,11,13,15H,4,10H2,1-3H3;2-5H,1H3,(H,8,9,10)/t11-,13+;/m1./s1. The molecule has 0 radical (unpaired) electrons. The number of aryl methyl sites for hydroxylation is 1. The lowest BCUT2D eigenvalue weighted by atomic mass is 10.00. The lowest BCUT2D eigenvalue weighted by Gasteiger charge is -2.20. The van der Waals surface area contributed by atoms with Gasteiger partial charge in [0.25, 0.3) is 10.1 Å². The van der Waals surface area contributed by atoms with Crippen molar-refractivity contribution < 1.29 is 22.5 Å². The first kappa shape index (κ1) is 23.8. The monoisotopic (exact) mass is 407 g/mol. The predicted molar refractivity (Wildman–Crippen MR) is 110 cm³/mol. The Kier molecular flexibility index (Phi) is 9.85. The Balaban J connectivity index is 0.000000307. The molecule has 0 spiro atoms. The summed E-state index contributed by atoms with van der Waals surface area (Å²) >= 11 is 0. The molecular weight excluding hydrogens is 378 g/mol. The maximum Gasteiger partial charge on any atom is 0.323 e. The molecule has 2 N–H and O–H groups in total. The molecule has 0 aliphatic carbocycles. The van der Waals surface area contributed by atoms with E-state index in [4.69, 9.17) is 9.29 Å². The van der Waals surface area contributed by atoms with Crippen LogP contribution in [0, 0.1) is 12.8 Å². The smallest absolute Gasteiger partial charge is 0.323 e. The van der Waals surface area contributed by atoms with Gasteiger partial charge < -0.3 is 10.1 Å². The first-order valence-corrected chi connectivity index (χ1v) is 10.5. The molecule has 0 aliphatic heterocycles. The maximum atomic E-state index is 11.9. The number of nitrogens with one attached hydrogen (secondary N) is 1. The Bertz CT molecular complexity index is 820. The third-order valence-corrected chi connectivity index (χ3v) is 5.19. The summed E-state index contributed by atoms with van der Waals surface area (Å²) in [6, 6.07) is 15.5. The van der Waals surface area contributed by atoms with Gasteiger partial charge in [-0.3, -0.25) is 9.35 Å². The van der Waals surface area contributed by atoms with Crippen molar-refractivity contribution in [2.75, 3.05) is 7.05 Å². The molecule has 2 rings (SSSR count). The fourth-order valence-electron chi connectivity index (χ4n) is 2.40. The molecule has 2 atom stereocenters. The SMILES string of the molecule is CC[C@@H](C)[C@H](NC)C(=O)OCc1ccccc1.Cc1ccc(S(=O)(=O)O)cc1. The van der Waals surface area contributed by atoms with Crippen molar-refractivity contribution in [1.82, 2.24) is 5.32 Å². The summed E-state index contributed by atoms with van der Waals surface area (Å²) in [5.41, 5.74) is 1.97. The van der Waals surface area contributed by atoms with Crippen molar-refractivity contribution in [3.63, 3.8) is 0 Å². The molecule has 0 aliphatic rings. The van der Waals surface area contributed by atoms with Gasteiger partial charge in [-0.25, -0.2) is 0 Å². The molecule has 28 heavy (non-hydrogen) atoms. The van der Waals surface area contributed by atoms with Gasteiger partial charge in [-0.1, -0.05) is 68.3 Å². The Morgan fingerprint density at radius 3 is 2.14 bits per heavy atom. The van der Waals surface area contributed by atoms with Gasteiger partial charge in [0.2, 0.25) is 0 Å². The van der Waals surface area contributed by atoms with Gasteiger partial charge in [-0.05, 0) is 37.6 Å². The molecule has 0 bridgehead atoms. The normalized spacial score (nSPS) is 13.0. The molecule has 0 saturated heterocycles. The number of benzene rings is 2. The Labute approximate surface area is 167 Å². The zero-order valence-corrected chi connectivity index (χ0v) is 17.6. The number of carbonyl (C=O) groups is 1. The van der Waals surface area contributed by atoms with E-state index in [9.17, 15) is 13.2 Å². The number of hydrogen-bond donors (Lipinski definition) is 2. The fraction of sp³-hybridized carbons (Fsp3) is 0.381. The van der Waals surface area contributed by atoms with Crippen LogP contribution in [0.25, 0.3) is 0 Å². The second-order valence-electron chi connectivity index (χ2n) is 6.53. The minimum absolute atomic E-state index is 0.0666. The molecule has 6 nitrogen and oxygen atoms in total. The zero-order chi connectivity index (χ0) is 21.2. The Hall–Kier alpha value is -2.22. The van der Waals surface area contributed by atoms with Crippen LogP contribution in [-0.2, 0) is 26.3 Å². The highest BCUT2D eigenvalue weighted by Crippen LogP contribution is 2.10. The average Bonchev–Trinajstić information content (AvgIpc) is 2.67. The summed E-state index contributed by atoms with van der Waals surface area (Å²) in [7, 11) is -2.23. The van der Waals surface area contributed by atoms with Gasteiger partial charge in [0.1, 0.15) is 12.6 Å². The molecule has 0 aromatic heterocycles. The van der Waals surface area contributed by atoms with Gasteiger partial charge in [0.15, 0.2) is 0 Å². The first-order chi connectivity index (χ1) is 13.2. The van der Waals surface area contributed by atoms with Crippen molar-refractivity contribution in [2.45, 2.75) is 44.7 Å². The van der Waals surface area contributed by atoms with E-state index in [0.717, 1.165) is 17.5 Å².